The number of aliphatic carboxylic acids is 1. The molecule has 0 heterocycles. The van der Waals surface area contributed by atoms with E-state index in [1.165, 1.54) is 25.7 Å². The minimum absolute atomic E-state index is 0.242. The highest BCUT2D eigenvalue weighted by atomic mass is 16.4. The normalized spacial score (nSPS) is 12.8. The molecule has 2 heteroatoms. The monoisotopic (exact) mass is 302 g/mol. The lowest BCUT2D eigenvalue weighted by Crippen LogP contribution is -1.92. The van der Waals surface area contributed by atoms with Gasteiger partial charge in [-0.15, -0.1) is 0 Å². The van der Waals surface area contributed by atoms with Crippen molar-refractivity contribution in [3.05, 3.63) is 60.8 Å². The molecular weight excluding hydrogens is 272 g/mol. The standard InChI is InChI=1S/C20H30O2/c1-2-3-4-5-6-7-8-9-10-11-12-13-14-15-16-17-18-19-20(21)22/h6-7,9-16H,2-5,8,17-19H2,1H3,(H,21,22)/b7-6-,10-9+,12-11+,14-13+,16-15+. The highest BCUT2D eigenvalue weighted by Gasteiger charge is 1.92. The summed E-state index contributed by atoms with van der Waals surface area (Å²) in [5, 5.41) is 8.48. The van der Waals surface area contributed by atoms with Gasteiger partial charge < -0.3 is 5.11 Å². The molecule has 0 fully saturated rings. The summed E-state index contributed by atoms with van der Waals surface area (Å²) in [6.07, 6.45) is 28.4. The Morgan fingerprint density at radius 1 is 0.773 bits per heavy atom. The molecule has 0 saturated heterocycles. The van der Waals surface area contributed by atoms with Crippen molar-refractivity contribution in [2.24, 2.45) is 0 Å². The van der Waals surface area contributed by atoms with Gasteiger partial charge in [0.25, 0.3) is 0 Å². The first-order valence-corrected chi connectivity index (χ1v) is 8.29. The van der Waals surface area contributed by atoms with Crippen LogP contribution in [-0.4, -0.2) is 11.1 Å². The van der Waals surface area contributed by atoms with Crippen LogP contribution in [0.15, 0.2) is 60.8 Å². The lowest BCUT2D eigenvalue weighted by molar-refractivity contribution is -0.137. The van der Waals surface area contributed by atoms with E-state index < -0.39 is 5.97 Å². The third-order valence-corrected chi connectivity index (χ3v) is 3.00. The van der Waals surface area contributed by atoms with Gasteiger partial charge in [0.15, 0.2) is 0 Å². The predicted molar refractivity (Wildman–Crippen MR) is 95.9 cm³/mol. The molecule has 0 aromatic heterocycles. The van der Waals surface area contributed by atoms with Gasteiger partial charge in [0.2, 0.25) is 0 Å². The van der Waals surface area contributed by atoms with Crippen LogP contribution in [0.5, 0.6) is 0 Å². The number of carboxylic acid groups (broad SMARTS) is 1. The summed E-state index contributed by atoms with van der Waals surface area (Å²) < 4.78 is 0. The maximum Gasteiger partial charge on any atom is 0.303 e. The molecule has 0 atom stereocenters. The average molecular weight is 302 g/mol. The predicted octanol–water partition coefficient (Wildman–Crippen LogP) is 5.99. The van der Waals surface area contributed by atoms with Crippen molar-refractivity contribution in [3.63, 3.8) is 0 Å². The number of rotatable bonds is 13. The van der Waals surface area contributed by atoms with E-state index in [2.05, 4.69) is 31.2 Å². The largest absolute Gasteiger partial charge is 0.481 e. The molecule has 0 aliphatic rings. The highest BCUT2D eigenvalue weighted by molar-refractivity contribution is 5.66. The second-order valence-corrected chi connectivity index (χ2v) is 5.11. The van der Waals surface area contributed by atoms with Gasteiger partial charge in [-0.25, -0.2) is 0 Å². The van der Waals surface area contributed by atoms with Gasteiger partial charge in [0, 0.05) is 6.42 Å². The minimum Gasteiger partial charge on any atom is -0.481 e. The molecule has 122 valence electrons. The number of hydrogen-bond donors (Lipinski definition) is 1. The molecular formula is C20H30O2. The molecule has 0 rings (SSSR count). The first kappa shape index (κ1) is 20.2. The first-order valence-electron chi connectivity index (χ1n) is 8.29. The molecule has 0 aliphatic carbocycles. The second-order valence-electron chi connectivity index (χ2n) is 5.11. The van der Waals surface area contributed by atoms with E-state index in [0.29, 0.717) is 6.42 Å². The van der Waals surface area contributed by atoms with Gasteiger partial charge in [0.1, 0.15) is 0 Å². The van der Waals surface area contributed by atoms with Gasteiger partial charge >= 0.3 is 5.97 Å². The summed E-state index contributed by atoms with van der Waals surface area (Å²) in [4.78, 5) is 10.3. The maximum absolute atomic E-state index is 10.3. The molecule has 1 N–H and O–H groups in total. The number of unbranched alkanes of at least 4 members (excludes halogenated alkanes) is 4. The summed E-state index contributed by atoms with van der Waals surface area (Å²) in [5.41, 5.74) is 0. The van der Waals surface area contributed by atoms with Crippen LogP contribution in [0.25, 0.3) is 0 Å². The molecule has 0 aliphatic heterocycles. The fourth-order valence-corrected chi connectivity index (χ4v) is 1.76. The zero-order valence-corrected chi connectivity index (χ0v) is 13.8. The second kappa shape index (κ2) is 17.2. The van der Waals surface area contributed by atoms with E-state index in [4.69, 9.17) is 5.11 Å². The third-order valence-electron chi connectivity index (χ3n) is 3.00. The SMILES string of the molecule is CCCCC/C=C\C/C=C/C=C/C=C/C=C/CCCC(=O)O. The van der Waals surface area contributed by atoms with Crippen LogP contribution in [-0.2, 0) is 4.79 Å². The van der Waals surface area contributed by atoms with E-state index in [-0.39, 0.29) is 6.42 Å². The molecule has 0 aromatic rings. The molecule has 0 amide bonds. The van der Waals surface area contributed by atoms with E-state index in [9.17, 15) is 4.79 Å². The molecule has 2 nitrogen and oxygen atoms in total. The smallest absolute Gasteiger partial charge is 0.303 e. The molecule has 22 heavy (non-hydrogen) atoms. The molecule has 0 saturated carbocycles. The summed E-state index contributed by atoms with van der Waals surface area (Å²) in [5.74, 6) is -0.727. The molecule has 0 bridgehead atoms. The molecule has 0 unspecified atom stereocenters. The van der Waals surface area contributed by atoms with E-state index in [1.54, 1.807) is 0 Å². The molecule has 0 radical (unpaired) electrons. The zero-order chi connectivity index (χ0) is 16.3. The number of carbonyl (C=O) groups is 1. The fourth-order valence-electron chi connectivity index (χ4n) is 1.76. The van der Waals surface area contributed by atoms with Crippen LogP contribution in [0.4, 0.5) is 0 Å². The van der Waals surface area contributed by atoms with Crippen molar-refractivity contribution in [3.8, 4) is 0 Å². The lowest BCUT2D eigenvalue weighted by atomic mass is 10.2. The Bertz CT molecular complexity index is 398. The molecule has 0 aromatic carbocycles. The Morgan fingerprint density at radius 3 is 2.09 bits per heavy atom. The van der Waals surface area contributed by atoms with Crippen molar-refractivity contribution in [2.45, 2.75) is 58.3 Å². The first-order chi connectivity index (χ1) is 10.8. The summed E-state index contributed by atoms with van der Waals surface area (Å²) >= 11 is 0. The van der Waals surface area contributed by atoms with Crippen LogP contribution in [0.1, 0.15) is 58.3 Å². The number of allylic oxidation sites excluding steroid dienone is 10. The van der Waals surface area contributed by atoms with Crippen molar-refractivity contribution >= 4 is 5.97 Å². The van der Waals surface area contributed by atoms with Gasteiger partial charge in [-0.05, 0) is 32.1 Å². The van der Waals surface area contributed by atoms with Crippen LogP contribution in [0, 0.1) is 0 Å². The summed E-state index contributed by atoms with van der Waals surface area (Å²) in [6.45, 7) is 2.22. The Kier molecular flexibility index (Phi) is 15.8. The van der Waals surface area contributed by atoms with Crippen LogP contribution in [0.2, 0.25) is 0 Å². The molecule has 0 spiro atoms. The van der Waals surface area contributed by atoms with Crippen molar-refractivity contribution < 1.29 is 9.90 Å². The summed E-state index contributed by atoms with van der Waals surface area (Å²) in [6, 6.07) is 0. The van der Waals surface area contributed by atoms with Gasteiger partial charge in [-0.1, -0.05) is 80.5 Å². The fraction of sp³-hybridized carbons (Fsp3) is 0.450. The topological polar surface area (TPSA) is 37.3 Å². The van der Waals surface area contributed by atoms with Crippen molar-refractivity contribution in [2.75, 3.05) is 0 Å². The van der Waals surface area contributed by atoms with Gasteiger partial charge in [-0.3, -0.25) is 4.79 Å². The van der Waals surface area contributed by atoms with Gasteiger partial charge in [-0.2, -0.15) is 0 Å². The van der Waals surface area contributed by atoms with Crippen molar-refractivity contribution in [1.29, 1.82) is 0 Å². The number of carboxylic acids is 1. The van der Waals surface area contributed by atoms with Crippen LogP contribution < -0.4 is 0 Å². The Morgan fingerprint density at radius 2 is 1.41 bits per heavy atom. The van der Waals surface area contributed by atoms with Crippen LogP contribution in [0.3, 0.4) is 0 Å². The number of hydrogen-bond acceptors (Lipinski definition) is 1. The zero-order valence-electron chi connectivity index (χ0n) is 13.8. The Balaban J connectivity index is 3.55. The minimum atomic E-state index is -0.727. The van der Waals surface area contributed by atoms with Crippen molar-refractivity contribution in [1.82, 2.24) is 0 Å². The Hall–Kier alpha value is -1.83. The maximum atomic E-state index is 10.3. The summed E-state index contributed by atoms with van der Waals surface area (Å²) in [7, 11) is 0. The quantitative estimate of drug-likeness (QED) is 0.258. The lowest BCUT2D eigenvalue weighted by Gasteiger charge is -1.90. The van der Waals surface area contributed by atoms with E-state index in [0.717, 1.165) is 12.8 Å². The van der Waals surface area contributed by atoms with Crippen LogP contribution >= 0.6 is 0 Å². The Labute approximate surface area is 135 Å². The third kappa shape index (κ3) is 18.2. The van der Waals surface area contributed by atoms with E-state index in [1.807, 2.05) is 36.5 Å². The van der Waals surface area contributed by atoms with Gasteiger partial charge in [0.05, 0.1) is 0 Å². The van der Waals surface area contributed by atoms with E-state index >= 15 is 0 Å². The highest BCUT2D eigenvalue weighted by Crippen LogP contribution is 2.00. The average Bonchev–Trinajstić information content (AvgIpc) is 2.50.